The van der Waals surface area contributed by atoms with Crippen molar-refractivity contribution >= 4 is 43.7 Å². The van der Waals surface area contributed by atoms with Crippen LogP contribution in [0.1, 0.15) is 35.1 Å². The van der Waals surface area contributed by atoms with E-state index < -0.39 is 5.41 Å². The van der Waals surface area contributed by atoms with Gasteiger partial charge in [0, 0.05) is 31.4 Å². The summed E-state index contributed by atoms with van der Waals surface area (Å²) in [5, 5.41) is 4.85. The maximum Gasteiger partial charge on any atom is 0.146 e. The Hall–Kier alpha value is -7.07. The Balaban J connectivity index is 1.12. The van der Waals surface area contributed by atoms with Crippen molar-refractivity contribution in [2.75, 3.05) is 0 Å². The van der Waals surface area contributed by atoms with E-state index in [2.05, 4.69) is 199 Å². The average molecular weight is 769 g/mol. The van der Waals surface area contributed by atoms with E-state index in [0.29, 0.717) is 0 Å². The topological polar surface area (TPSA) is 17.8 Å². The molecule has 0 saturated heterocycles. The first-order chi connectivity index (χ1) is 29.3. The van der Waals surface area contributed by atoms with Gasteiger partial charge in [-0.25, -0.2) is 4.98 Å². The van der Waals surface area contributed by atoms with E-state index >= 15 is 0 Å². The van der Waals surface area contributed by atoms with Gasteiger partial charge in [0.05, 0.1) is 16.1 Å². The number of nitrogens with zero attached hydrogens (tertiary/aromatic N) is 2. The molecule has 0 fully saturated rings. The van der Waals surface area contributed by atoms with Crippen molar-refractivity contribution in [1.29, 1.82) is 0 Å². The lowest BCUT2D eigenvalue weighted by atomic mass is 9.70. The first kappa shape index (κ1) is 33.0. The second kappa shape index (κ2) is 12.5. The fourth-order valence-corrected chi connectivity index (χ4v) is 11.9. The zero-order chi connectivity index (χ0) is 38.7. The predicted molar refractivity (Wildman–Crippen MR) is 246 cm³/mol. The molecule has 0 bridgehead atoms. The molecular weight excluding hydrogens is 733 g/mol. The van der Waals surface area contributed by atoms with Crippen LogP contribution < -0.4 is 10.7 Å². The second-order valence-corrected chi connectivity index (χ2v) is 17.1. The zero-order valence-corrected chi connectivity index (χ0v) is 33.0. The van der Waals surface area contributed by atoms with Gasteiger partial charge in [0.15, 0.2) is 0 Å². The lowest BCUT2D eigenvalue weighted by molar-refractivity contribution is 0.794. The lowest BCUT2D eigenvalue weighted by Crippen LogP contribution is -2.31. The van der Waals surface area contributed by atoms with E-state index in [9.17, 15) is 0 Å². The predicted octanol–water partition coefficient (Wildman–Crippen LogP) is 12.9. The molecule has 3 heteroatoms. The van der Waals surface area contributed by atoms with Gasteiger partial charge in [0.1, 0.15) is 5.82 Å². The van der Waals surface area contributed by atoms with E-state index in [1.54, 1.807) is 0 Å². The number of aromatic nitrogens is 2. The van der Waals surface area contributed by atoms with E-state index in [-0.39, 0.29) is 0 Å². The van der Waals surface area contributed by atoms with E-state index in [4.69, 9.17) is 4.98 Å². The van der Waals surface area contributed by atoms with Crippen LogP contribution >= 0.6 is 11.3 Å². The minimum Gasteiger partial charge on any atom is -0.293 e. The molecule has 3 aliphatic rings. The van der Waals surface area contributed by atoms with E-state index in [1.807, 2.05) is 11.3 Å². The molecule has 2 aromatic heterocycles. The van der Waals surface area contributed by atoms with Crippen molar-refractivity contribution in [3.63, 3.8) is 0 Å². The van der Waals surface area contributed by atoms with Crippen LogP contribution in [0.15, 0.2) is 182 Å². The number of fused-ring (bicyclic) bond motifs is 14. The zero-order valence-electron chi connectivity index (χ0n) is 32.2. The summed E-state index contributed by atoms with van der Waals surface area (Å²) in [6, 6.07) is 67.9. The first-order valence-corrected chi connectivity index (χ1v) is 21.4. The van der Waals surface area contributed by atoms with Crippen LogP contribution in [-0.2, 0) is 5.41 Å². The molecule has 1 spiro atoms. The summed E-state index contributed by atoms with van der Waals surface area (Å²) in [7, 11) is 0. The van der Waals surface area contributed by atoms with Gasteiger partial charge in [-0.15, -0.1) is 11.3 Å². The van der Waals surface area contributed by atoms with Crippen LogP contribution in [0.5, 0.6) is 0 Å². The Morgan fingerprint density at radius 1 is 0.441 bits per heavy atom. The molecule has 0 aliphatic heterocycles. The number of hydrogen-bond acceptors (Lipinski definition) is 2. The second-order valence-electron chi connectivity index (χ2n) is 16.1. The molecule has 10 aromatic rings. The SMILES string of the molecule is C1=c2nc(-c3ccc(-c4cccc5c4sc4ccccc45)cc3-c3ccc4c(c3)C3(c5ccccc5-c5ccccc53)c3ccccc3-4)n(-c3ccccc3)c2=CCC1. The summed E-state index contributed by atoms with van der Waals surface area (Å²) in [5.74, 6) is 0.965. The smallest absolute Gasteiger partial charge is 0.146 e. The fourth-order valence-electron chi connectivity index (χ4n) is 10.6. The van der Waals surface area contributed by atoms with Crippen molar-refractivity contribution in [2.24, 2.45) is 0 Å². The van der Waals surface area contributed by atoms with Crippen molar-refractivity contribution in [1.82, 2.24) is 9.55 Å². The first-order valence-electron chi connectivity index (χ1n) is 20.6. The van der Waals surface area contributed by atoms with Crippen LogP contribution in [0, 0.1) is 0 Å². The van der Waals surface area contributed by atoms with Crippen molar-refractivity contribution in [3.8, 4) is 61.6 Å². The van der Waals surface area contributed by atoms with Gasteiger partial charge in [-0.2, -0.15) is 0 Å². The molecule has 8 aromatic carbocycles. The molecule has 0 atom stereocenters. The molecule has 0 amide bonds. The quantitative estimate of drug-likeness (QED) is 0.174. The van der Waals surface area contributed by atoms with E-state index in [1.165, 1.54) is 92.3 Å². The van der Waals surface area contributed by atoms with Crippen molar-refractivity contribution < 1.29 is 0 Å². The third kappa shape index (κ3) is 4.54. The number of thiophene rings is 1. The number of para-hydroxylation sites is 1. The summed E-state index contributed by atoms with van der Waals surface area (Å²) in [5.41, 5.74) is 17.3. The third-order valence-electron chi connectivity index (χ3n) is 13.1. The summed E-state index contributed by atoms with van der Waals surface area (Å²) >= 11 is 1.89. The monoisotopic (exact) mass is 768 g/mol. The fraction of sp³-hybridized carbons (Fsp3) is 0.0536. The highest BCUT2D eigenvalue weighted by Crippen LogP contribution is 2.63. The third-order valence-corrected chi connectivity index (χ3v) is 14.3. The Morgan fingerprint density at radius 2 is 1.02 bits per heavy atom. The van der Waals surface area contributed by atoms with Crippen LogP contribution in [0.3, 0.4) is 0 Å². The van der Waals surface area contributed by atoms with Gasteiger partial charge in [-0.1, -0.05) is 158 Å². The summed E-state index contributed by atoms with van der Waals surface area (Å²) in [4.78, 5) is 5.48. The van der Waals surface area contributed by atoms with Crippen LogP contribution in [0.25, 0.3) is 93.9 Å². The number of hydrogen-bond donors (Lipinski definition) is 0. The highest BCUT2D eigenvalue weighted by atomic mass is 32.1. The van der Waals surface area contributed by atoms with Gasteiger partial charge in [0.25, 0.3) is 0 Å². The van der Waals surface area contributed by atoms with Crippen LogP contribution in [0.4, 0.5) is 0 Å². The van der Waals surface area contributed by atoms with Gasteiger partial charge >= 0.3 is 0 Å². The Kier molecular flexibility index (Phi) is 6.96. The minimum atomic E-state index is -0.429. The maximum absolute atomic E-state index is 5.48. The van der Waals surface area contributed by atoms with E-state index in [0.717, 1.165) is 35.3 Å². The van der Waals surface area contributed by atoms with Crippen LogP contribution in [0.2, 0.25) is 0 Å². The summed E-state index contributed by atoms with van der Waals surface area (Å²) in [6.45, 7) is 0. The molecule has 3 aliphatic carbocycles. The average Bonchev–Trinajstić information content (AvgIpc) is 4.04. The Bertz CT molecular complexity index is 3450. The molecule has 13 rings (SSSR count). The Morgan fingerprint density at radius 3 is 1.76 bits per heavy atom. The molecule has 0 saturated carbocycles. The molecule has 0 radical (unpaired) electrons. The summed E-state index contributed by atoms with van der Waals surface area (Å²) in [6.07, 6.45) is 6.67. The molecule has 0 unspecified atom stereocenters. The van der Waals surface area contributed by atoms with Crippen molar-refractivity contribution in [2.45, 2.75) is 18.3 Å². The van der Waals surface area contributed by atoms with Gasteiger partial charge < -0.3 is 0 Å². The number of imidazole rings is 1. The largest absolute Gasteiger partial charge is 0.293 e. The minimum absolute atomic E-state index is 0.429. The molecule has 2 heterocycles. The Labute approximate surface area is 346 Å². The molecule has 2 nitrogen and oxygen atoms in total. The molecule has 59 heavy (non-hydrogen) atoms. The molecule has 276 valence electrons. The van der Waals surface area contributed by atoms with Crippen LogP contribution in [-0.4, -0.2) is 9.55 Å². The lowest BCUT2D eigenvalue weighted by Gasteiger charge is -2.30. The highest BCUT2D eigenvalue weighted by Gasteiger charge is 2.51. The van der Waals surface area contributed by atoms with Crippen molar-refractivity contribution in [3.05, 3.63) is 215 Å². The summed E-state index contributed by atoms with van der Waals surface area (Å²) < 4.78 is 5.01. The highest BCUT2D eigenvalue weighted by molar-refractivity contribution is 7.26. The van der Waals surface area contributed by atoms with Gasteiger partial charge in [-0.3, -0.25) is 4.57 Å². The molecular formula is C56H36N2S. The van der Waals surface area contributed by atoms with Gasteiger partial charge in [0.2, 0.25) is 0 Å². The maximum atomic E-state index is 5.48. The molecule has 0 N–H and O–H groups in total. The van der Waals surface area contributed by atoms with Gasteiger partial charge in [-0.05, 0) is 116 Å². The number of benzene rings is 8. The standard InChI is InChI=1S/C56H36N2S/c1-2-15-37(16-3-1)58-52-27-12-11-26-51(52)57-55(58)45-32-30-35(38-21-14-22-44-43-20-7-13-28-53(43)59-54(38)44)33-46(45)36-29-31-42-41-19-6-10-25-49(41)56(50(42)34-36)47-23-8-4-17-39(47)40-18-5-9-24-48(40)56/h1-10,13-34H,11-12H2. The normalized spacial score (nSPS) is 14.0. The number of rotatable bonds is 4.